The van der Waals surface area contributed by atoms with E-state index in [-0.39, 0.29) is 16.2 Å². The molecule has 0 N–H and O–H groups in total. The molecule has 0 bridgehead atoms. The first kappa shape index (κ1) is 56.6. The molecular formula is C90H78N4. The third-order valence-corrected chi connectivity index (χ3v) is 22.7. The van der Waals surface area contributed by atoms with Gasteiger partial charge in [0.2, 0.25) is 0 Å². The van der Waals surface area contributed by atoms with Crippen LogP contribution in [0.2, 0.25) is 0 Å². The third-order valence-electron chi connectivity index (χ3n) is 22.7. The quantitative estimate of drug-likeness (QED) is 0.121. The number of nitrogens with zero attached hydrogens (tertiary/aromatic N) is 4. The molecule has 4 heteroatoms. The van der Waals surface area contributed by atoms with E-state index in [1.165, 1.54) is 193 Å². The molecule has 3 fully saturated rings. The lowest BCUT2D eigenvalue weighted by molar-refractivity contribution is 0.353. The minimum absolute atomic E-state index is 0.0759. The Hall–Kier alpha value is -10.2. The first-order valence-electron chi connectivity index (χ1n) is 34.9. The second kappa shape index (κ2) is 23.1. The molecule has 458 valence electrons. The fourth-order valence-electron chi connectivity index (χ4n) is 18.6. The normalized spacial score (nSPS) is 16.3. The van der Waals surface area contributed by atoms with Crippen molar-refractivity contribution in [3.8, 4) is 33.4 Å². The highest BCUT2D eigenvalue weighted by molar-refractivity contribution is 5.93. The van der Waals surface area contributed by atoms with Crippen LogP contribution >= 0.6 is 0 Å². The summed E-state index contributed by atoms with van der Waals surface area (Å²) in [6.45, 7) is 0. The number of hydrogen-bond donors (Lipinski definition) is 0. The van der Waals surface area contributed by atoms with Gasteiger partial charge in [0.05, 0.1) is 0 Å². The summed E-state index contributed by atoms with van der Waals surface area (Å²) in [5.74, 6) is 0. The molecule has 94 heavy (non-hydrogen) atoms. The zero-order valence-corrected chi connectivity index (χ0v) is 53.6. The van der Waals surface area contributed by atoms with Crippen molar-refractivity contribution in [2.24, 2.45) is 0 Å². The van der Waals surface area contributed by atoms with Gasteiger partial charge in [-0.05, 0) is 251 Å². The van der Waals surface area contributed by atoms with Gasteiger partial charge < -0.3 is 19.6 Å². The van der Waals surface area contributed by atoms with Crippen molar-refractivity contribution in [1.29, 1.82) is 0 Å². The first-order chi connectivity index (χ1) is 46.6. The molecule has 4 nitrogen and oxygen atoms in total. The molecule has 0 atom stereocenters. The van der Waals surface area contributed by atoms with Gasteiger partial charge in [0.15, 0.2) is 0 Å². The van der Waals surface area contributed by atoms with Crippen molar-refractivity contribution < 1.29 is 0 Å². The van der Waals surface area contributed by atoms with E-state index in [4.69, 9.17) is 0 Å². The predicted molar refractivity (Wildman–Crippen MR) is 393 cm³/mol. The lowest BCUT2D eigenvalue weighted by Crippen LogP contribution is -2.29. The van der Waals surface area contributed by atoms with Crippen LogP contribution in [0.4, 0.5) is 68.2 Å². The van der Waals surface area contributed by atoms with E-state index in [1.54, 1.807) is 0 Å². The average Bonchev–Trinajstić information content (AvgIpc) is 1.58. The largest absolute Gasteiger partial charge is 0.310 e. The number of hydrogen-bond acceptors (Lipinski definition) is 4. The van der Waals surface area contributed by atoms with E-state index < -0.39 is 0 Å². The highest BCUT2D eigenvalue weighted by Gasteiger charge is 2.48. The molecule has 3 saturated carbocycles. The Labute approximate surface area is 555 Å². The van der Waals surface area contributed by atoms with Crippen LogP contribution in [0.1, 0.15) is 130 Å². The van der Waals surface area contributed by atoms with E-state index in [0.29, 0.717) is 0 Å². The second-order valence-electron chi connectivity index (χ2n) is 27.7. The van der Waals surface area contributed by atoms with Gasteiger partial charge >= 0.3 is 0 Å². The fourth-order valence-corrected chi connectivity index (χ4v) is 18.6. The van der Waals surface area contributed by atoms with Crippen LogP contribution in [0.15, 0.2) is 291 Å². The highest BCUT2D eigenvalue weighted by Crippen LogP contribution is 2.62. The Morgan fingerprint density at radius 2 is 0.319 bits per heavy atom. The van der Waals surface area contributed by atoms with E-state index in [1.807, 2.05) is 0 Å². The molecule has 0 aromatic heterocycles. The van der Waals surface area contributed by atoms with Crippen LogP contribution in [-0.4, -0.2) is 0 Å². The lowest BCUT2D eigenvalue weighted by Gasteiger charge is -2.38. The van der Waals surface area contributed by atoms with Crippen LogP contribution in [-0.2, 0) is 16.2 Å². The topological polar surface area (TPSA) is 13.0 Å². The number of rotatable bonds is 12. The molecule has 12 aromatic carbocycles. The van der Waals surface area contributed by atoms with Crippen LogP contribution in [0.25, 0.3) is 33.4 Å². The predicted octanol–water partition coefficient (Wildman–Crippen LogP) is 25.3. The van der Waals surface area contributed by atoms with Crippen LogP contribution in [0, 0.1) is 0 Å². The molecule has 0 aliphatic heterocycles. The van der Waals surface area contributed by atoms with Gasteiger partial charge in [-0.15, -0.1) is 0 Å². The molecule has 0 saturated heterocycles. The minimum Gasteiger partial charge on any atom is -0.310 e. The summed E-state index contributed by atoms with van der Waals surface area (Å²) in [5.41, 5.74) is 31.3. The van der Waals surface area contributed by atoms with Crippen LogP contribution in [0.3, 0.4) is 0 Å². The van der Waals surface area contributed by atoms with Gasteiger partial charge in [-0.25, -0.2) is 0 Å². The number of anilines is 12. The Morgan fingerprint density at radius 1 is 0.160 bits per heavy atom. The minimum atomic E-state index is -0.118. The molecule has 12 aromatic rings. The van der Waals surface area contributed by atoms with E-state index in [0.717, 1.165) is 38.5 Å². The summed E-state index contributed by atoms with van der Waals surface area (Å²) in [6, 6.07) is 111. The average molecular weight is 1220 g/mol. The molecule has 18 rings (SSSR count). The Balaban J connectivity index is 0.729. The third kappa shape index (κ3) is 9.14. The summed E-state index contributed by atoms with van der Waals surface area (Å²) in [7, 11) is 0. The first-order valence-corrected chi connectivity index (χ1v) is 34.9. The van der Waals surface area contributed by atoms with Gasteiger partial charge in [-0.2, -0.15) is 0 Å². The molecular weight excluding hydrogens is 1140 g/mol. The molecule has 6 aliphatic carbocycles. The molecule has 3 spiro atoms. The maximum Gasteiger partial charge on any atom is 0.0465 e. The maximum atomic E-state index is 2.63. The summed E-state index contributed by atoms with van der Waals surface area (Å²) >= 11 is 0. The summed E-state index contributed by atoms with van der Waals surface area (Å²) < 4.78 is 0. The van der Waals surface area contributed by atoms with Crippen molar-refractivity contribution in [3.63, 3.8) is 0 Å². The molecule has 0 radical (unpaired) electrons. The molecule has 6 aliphatic rings. The van der Waals surface area contributed by atoms with E-state index >= 15 is 0 Å². The molecule has 0 unspecified atom stereocenters. The van der Waals surface area contributed by atoms with Gasteiger partial charge in [-0.3, -0.25) is 0 Å². The number of benzene rings is 12. The van der Waals surface area contributed by atoms with Crippen molar-refractivity contribution in [1.82, 2.24) is 0 Å². The highest BCUT2D eigenvalue weighted by atomic mass is 15.2. The summed E-state index contributed by atoms with van der Waals surface area (Å²) in [6.07, 6.45) is 18.0. The van der Waals surface area contributed by atoms with Crippen LogP contribution < -0.4 is 19.6 Å². The van der Waals surface area contributed by atoms with Crippen molar-refractivity contribution in [3.05, 3.63) is 325 Å². The van der Waals surface area contributed by atoms with E-state index in [2.05, 4.69) is 311 Å². The molecule has 0 amide bonds. The summed E-state index contributed by atoms with van der Waals surface area (Å²) in [4.78, 5) is 10.0. The summed E-state index contributed by atoms with van der Waals surface area (Å²) in [5, 5.41) is 0. The number of fused-ring (bicyclic) bond motifs is 15. The van der Waals surface area contributed by atoms with Gasteiger partial charge in [0, 0.05) is 84.5 Å². The Bertz CT molecular complexity index is 4400. The van der Waals surface area contributed by atoms with Crippen molar-refractivity contribution in [2.75, 3.05) is 19.6 Å². The monoisotopic (exact) mass is 1210 g/mol. The zero-order chi connectivity index (χ0) is 62.2. The standard InChI is InChI=1S/C90H78N4/c1-10-28-64(29-11-1)91(65-30-12-2-13-31-65)70-40-46-76-78-48-42-72(60-84(78)88(82(76)58-70)52-22-7-23-53-88)93(68-36-18-5-19-37-68)74-44-50-80-81-51-45-75(63-87(81)90(86(80)62-74)56-26-9-27-57-90)94(69-38-20-6-21-39-69)73-43-49-79-77-47-41-71(59-83(77)89(85(79)61-73)54-24-8-25-55-89)92(66-32-14-3-15-33-66)67-34-16-4-17-35-67/h1-6,10-21,28-51,58-63H,7-9,22-27,52-57H2. The van der Waals surface area contributed by atoms with Gasteiger partial charge in [0.1, 0.15) is 0 Å². The smallest absolute Gasteiger partial charge is 0.0465 e. The van der Waals surface area contributed by atoms with Gasteiger partial charge in [0.25, 0.3) is 0 Å². The lowest BCUT2D eigenvalue weighted by atomic mass is 9.67. The molecule has 0 heterocycles. The van der Waals surface area contributed by atoms with Crippen LogP contribution in [0.5, 0.6) is 0 Å². The van der Waals surface area contributed by atoms with E-state index in [9.17, 15) is 0 Å². The van der Waals surface area contributed by atoms with Crippen molar-refractivity contribution >= 4 is 68.2 Å². The number of para-hydroxylation sites is 6. The Kier molecular flexibility index (Phi) is 13.9. The second-order valence-corrected chi connectivity index (χ2v) is 27.7. The maximum absolute atomic E-state index is 2.63. The zero-order valence-electron chi connectivity index (χ0n) is 53.6. The van der Waals surface area contributed by atoms with Gasteiger partial charge in [-0.1, -0.05) is 203 Å². The SMILES string of the molecule is c1ccc(N(c2ccccc2)c2ccc3c(c2)C2(CCCCC2)c2cc(N(c4ccccc4)c4ccc5c(c4)C4(CCCCC4)c4cc(N(c6ccccc6)c6ccc7c(c6)C6(CCCCC6)c6cc(N(c8ccccc8)c8ccccc8)ccc6-7)ccc4-5)ccc2-3)cc1. The Morgan fingerprint density at radius 3 is 0.489 bits per heavy atom. The van der Waals surface area contributed by atoms with Crippen molar-refractivity contribution in [2.45, 2.75) is 113 Å². The fraction of sp³-hybridized carbons (Fsp3) is 0.200.